The van der Waals surface area contributed by atoms with Crippen LogP contribution in [0.5, 0.6) is 0 Å². The SMILES string of the molecule is CC1CCN(S(=O)(=O)NCC2(C(=O)O)CC2)CC1. The third-order valence-electron chi connectivity index (χ3n) is 3.98. The fourth-order valence-electron chi connectivity index (χ4n) is 2.16. The predicted molar refractivity (Wildman–Crippen MR) is 66.2 cm³/mol. The Kier molecular flexibility index (Phi) is 3.66. The molecule has 2 N–H and O–H groups in total. The van der Waals surface area contributed by atoms with Crippen LogP contribution < -0.4 is 4.72 Å². The van der Waals surface area contributed by atoms with E-state index in [0.717, 1.165) is 12.8 Å². The third kappa shape index (κ3) is 2.84. The average Bonchev–Trinajstić information content (AvgIpc) is 3.08. The van der Waals surface area contributed by atoms with Gasteiger partial charge in [0.25, 0.3) is 10.2 Å². The Hall–Kier alpha value is -0.660. The summed E-state index contributed by atoms with van der Waals surface area (Å²) < 4.78 is 27.9. The number of hydrogen-bond acceptors (Lipinski definition) is 3. The van der Waals surface area contributed by atoms with Gasteiger partial charge in [0.1, 0.15) is 0 Å². The van der Waals surface area contributed by atoms with E-state index in [2.05, 4.69) is 11.6 Å². The van der Waals surface area contributed by atoms with Crippen molar-refractivity contribution in [3.05, 3.63) is 0 Å². The molecule has 2 fully saturated rings. The van der Waals surface area contributed by atoms with Gasteiger partial charge in [-0.15, -0.1) is 0 Å². The average molecular weight is 276 g/mol. The van der Waals surface area contributed by atoms with Crippen LogP contribution in [0.1, 0.15) is 32.6 Å². The largest absolute Gasteiger partial charge is 0.481 e. The molecule has 0 bridgehead atoms. The molecule has 1 saturated heterocycles. The smallest absolute Gasteiger partial charge is 0.310 e. The zero-order valence-electron chi connectivity index (χ0n) is 10.6. The molecule has 1 aliphatic heterocycles. The van der Waals surface area contributed by atoms with Crippen molar-refractivity contribution in [2.75, 3.05) is 19.6 Å². The highest BCUT2D eigenvalue weighted by atomic mass is 32.2. The van der Waals surface area contributed by atoms with Gasteiger partial charge in [-0.05, 0) is 31.6 Å². The van der Waals surface area contributed by atoms with Crippen LogP contribution in [0.4, 0.5) is 0 Å². The zero-order valence-corrected chi connectivity index (χ0v) is 11.4. The van der Waals surface area contributed by atoms with Crippen LogP contribution in [-0.2, 0) is 15.0 Å². The van der Waals surface area contributed by atoms with E-state index in [-0.39, 0.29) is 6.54 Å². The Morgan fingerprint density at radius 1 is 1.39 bits per heavy atom. The lowest BCUT2D eigenvalue weighted by atomic mass is 10.0. The second kappa shape index (κ2) is 4.79. The summed E-state index contributed by atoms with van der Waals surface area (Å²) in [5.74, 6) is -0.345. The van der Waals surface area contributed by atoms with Crippen molar-refractivity contribution in [3.63, 3.8) is 0 Å². The summed E-state index contributed by atoms with van der Waals surface area (Å²) in [6.07, 6.45) is 2.85. The van der Waals surface area contributed by atoms with E-state index in [9.17, 15) is 13.2 Å². The number of hydrogen-bond donors (Lipinski definition) is 2. The fourth-order valence-corrected chi connectivity index (χ4v) is 3.50. The lowest BCUT2D eigenvalue weighted by Crippen LogP contribution is -2.46. The van der Waals surface area contributed by atoms with Crippen LogP contribution in [0.15, 0.2) is 0 Å². The van der Waals surface area contributed by atoms with Gasteiger partial charge in [-0.3, -0.25) is 4.79 Å². The van der Waals surface area contributed by atoms with Crippen molar-refractivity contribution in [1.82, 2.24) is 9.03 Å². The van der Waals surface area contributed by atoms with Crippen LogP contribution in [0.2, 0.25) is 0 Å². The maximum Gasteiger partial charge on any atom is 0.310 e. The maximum absolute atomic E-state index is 12.0. The van der Waals surface area contributed by atoms with Gasteiger partial charge in [-0.25, -0.2) is 4.72 Å². The van der Waals surface area contributed by atoms with Crippen molar-refractivity contribution >= 4 is 16.2 Å². The van der Waals surface area contributed by atoms with E-state index in [1.54, 1.807) is 0 Å². The molecule has 7 heteroatoms. The lowest BCUT2D eigenvalue weighted by molar-refractivity contribution is -0.143. The van der Waals surface area contributed by atoms with Gasteiger partial charge in [0, 0.05) is 19.6 Å². The number of nitrogens with zero attached hydrogens (tertiary/aromatic N) is 1. The van der Waals surface area contributed by atoms with Gasteiger partial charge in [0.05, 0.1) is 5.41 Å². The summed E-state index contributed by atoms with van der Waals surface area (Å²) in [4.78, 5) is 11.0. The Labute approximate surface area is 108 Å². The molecule has 0 aromatic rings. The molecule has 0 aromatic heterocycles. The van der Waals surface area contributed by atoms with Gasteiger partial charge in [0.2, 0.25) is 0 Å². The first-order valence-corrected chi connectivity index (χ1v) is 7.78. The summed E-state index contributed by atoms with van der Waals surface area (Å²) in [7, 11) is -3.51. The highest BCUT2D eigenvalue weighted by Gasteiger charge is 2.50. The Morgan fingerprint density at radius 2 is 1.94 bits per heavy atom. The van der Waals surface area contributed by atoms with E-state index in [1.165, 1.54) is 4.31 Å². The van der Waals surface area contributed by atoms with E-state index in [1.807, 2.05) is 0 Å². The highest BCUT2D eigenvalue weighted by Crippen LogP contribution is 2.45. The topological polar surface area (TPSA) is 86.7 Å². The highest BCUT2D eigenvalue weighted by molar-refractivity contribution is 7.87. The number of carboxylic acids is 1. The Bertz CT molecular complexity index is 422. The molecular formula is C11H20N2O4S. The first-order chi connectivity index (χ1) is 8.36. The van der Waals surface area contributed by atoms with Crippen molar-refractivity contribution in [2.45, 2.75) is 32.6 Å². The molecule has 0 unspecified atom stereocenters. The van der Waals surface area contributed by atoms with E-state index >= 15 is 0 Å². The molecule has 1 aliphatic carbocycles. The van der Waals surface area contributed by atoms with Gasteiger partial charge >= 0.3 is 5.97 Å². The fraction of sp³-hybridized carbons (Fsp3) is 0.909. The molecule has 18 heavy (non-hydrogen) atoms. The lowest BCUT2D eigenvalue weighted by Gasteiger charge is -2.29. The molecule has 1 saturated carbocycles. The monoisotopic (exact) mass is 276 g/mol. The van der Waals surface area contributed by atoms with Crippen molar-refractivity contribution < 1.29 is 18.3 Å². The Balaban J connectivity index is 1.90. The van der Waals surface area contributed by atoms with Gasteiger partial charge in [0.15, 0.2) is 0 Å². The molecular weight excluding hydrogens is 256 g/mol. The minimum atomic E-state index is -3.51. The van der Waals surface area contributed by atoms with Crippen LogP contribution in [0.25, 0.3) is 0 Å². The molecule has 0 aromatic carbocycles. The first-order valence-electron chi connectivity index (χ1n) is 6.34. The molecule has 104 valence electrons. The molecule has 0 spiro atoms. The number of carbonyl (C=O) groups is 1. The summed E-state index contributed by atoms with van der Waals surface area (Å²) >= 11 is 0. The zero-order chi connectivity index (χ0) is 13.4. The van der Waals surface area contributed by atoms with Crippen molar-refractivity contribution in [3.8, 4) is 0 Å². The molecule has 0 atom stereocenters. The van der Waals surface area contributed by atoms with E-state index in [0.29, 0.717) is 31.8 Å². The molecule has 0 radical (unpaired) electrons. The molecule has 0 amide bonds. The third-order valence-corrected chi connectivity index (χ3v) is 5.54. The first kappa shape index (κ1) is 13.8. The second-order valence-electron chi connectivity index (χ2n) is 5.49. The van der Waals surface area contributed by atoms with Crippen LogP contribution in [0.3, 0.4) is 0 Å². The molecule has 1 heterocycles. The van der Waals surface area contributed by atoms with Crippen molar-refractivity contribution in [2.24, 2.45) is 11.3 Å². The Morgan fingerprint density at radius 3 is 2.39 bits per heavy atom. The summed E-state index contributed by atoms with van der Waals surface area (Å²) in [6.45, 7) is 3.17. The summed E-state index contributed by atoms with van der Waals surface area (Å²) in [5.41, 5.74) is -0.851. The summed E-state index contributed by atoms with van der Waals surface area (Å²) in [6, 6.07) is 0. The maximum atomic E-state index is 12.0. The normalized spacial score (nSPS) is 24.9. The number of nitrogens with one attached hydrogen (secondary N) is 1. The minimum Gasteiger partial charge on any atom is -0.481 e. The van der Waals surface area contributed by atoms with Gasteiger partial charge in [-0.1, -0.05) is 6.92 Å². The second-order valence-corrected chi connectivity index (χ2v) is 7.25. The molecule has 2 rings (SSSR count). The van der Waals surface area contributed by atoms with E-state index in [4.69, 9.17) is 5.11 Å². The number of carboxylic acid groups (broad SMARTS) is 1. The van der Waals surface area contributed by atoms with Crippen molar-refractivity contribution in [1.29, 1.82) is 0 Å². The minimum absolute atomic E-state index is 0.0106. The van der Waals surface area contributed by atoms with Gasteiger partial charge < -0.3 is 5.11 Å². The van der Waals surface area contributed by atoms with Gasteiger partial charge in [-0.2, -0.15) is 12.7 Å². The number of rotatable bonds is 5. The van der Waals surface area contributed by atoms with Crippen LogP contribution in [-0.4, -0.2) is 43.4 Å². The van der Waals surface area contributed by atoms with E-state index < -0.39 is 21.6 Å². The number of aliphatic carboxylic acids is 1. The van der Waals surface area contributed by atoms with Crippen LogP contribution >= 0.6 is 0 Å². The quantitative estimate of drug-likeness (QED) is 0.762. The molecule has 2 aliphatic rings. The summed E-state index contributed by atoms with van der Waals surface area (Å²) in [5, 5.41) is 9.00. The number of piperidine rings is 1. The predicted octanol–water partition coefficient (Wildman–Crippen LogP) is 0.417. The standard InChI is InChI=1S/C11H20N2O4S/c1-9-2-6-13(7-3-9)18(16,17)12-8-11(4-5-11)10(14)15/h9,12H,2-8H2,1H3,(H,14,15). The van der Waals surface area contributed by atoms with Crippen LogP contribution in [0, 0.1) is 11.3 Å². The molecule has 6 nitrogen and oxygen atoms in total.